The third-order valence-electron chi connectivity index (χ3n) is 5.23. The normalized spacial score (nSPS) is 12.2. The molecule has 0 radical (unpaired) electrons. The van der Waals surface area contributed by atoms with Gasteiger partial charge in [0, 0.05) is 0 Å². The van der Waals surface area contributed by atoms with Crippen LogP contribution in [0, 0.1) is 5.92 Å². The molecule has 3 aromatic rings. The molecular formula is C25H30BrP. The number of unbranched alkanes of at least 4 members (excludes halogenated alkanes) is 1. The Morgan fingerprint density at radius 1 is 0.667 bits per heavy atom. The van der Waals surface area contributed by atoms with E-state index in [9.17, 15) is 0 Å². The Hall–Kier alpha value is -1.43. The molecular weight excluding hydrogens is 411 g/mol. The van der Waals surface area contributed by atoms with Crippen LogP contribution in [0.15, 0.2) is 91.0 Å². The Morgan fingerprint density at radius 3 is 1.37 bits per heavy atom. The fourth-order valence-electron chi connectivity index (χ4n) is 3.92. The molecule has 3 rings (SSSR count). The summed E-state index contributed by atoms with van der Waals surface area (Å²) in [4.78, 5) is 0. The van der Waals surface area contributed by atoms with E-state index in [2.05, 4.69) is 105 Å². The van der Waals surface area contributed by atoms with Crippen LogP contribution in [0.3, 0.4) is 0 Å². The molecule has 0 heterocycles. The van der Waals surface area contributed by atoms with Crippen molar-refractivity contribution in [3.63, 3.8) is 0 Å². The van der Waals surface area contributed by atoms with Gasteiger partial charge in [-0.1, -0.05) is 81.3 Å². The topological polar surface area (TPSA) is 0 Å². The van der Waals surface area contributed by atoms with Crippen LogP contribution in [0.5, 0.6) is 0 Å². The van der Waals surface area contributed by atoms with Crippen LogP contribution in [0.1, 0.15) is 33.1 Å². The lowest BCUT2D eigenvalue weighted by Crippen LogP contribution is -3.00. The van der Waals surface area contributed by atoms with Gasteiger partial charge in [0.25, 0.3) is 0 Å². The van der Waals surface area contributed by atoms with Crippen molar-refractivity contribution in [1.82, 2.24) is 0 Å². The SMILES string of the molecule is CCCCC(C)C[P+](c1ccccc1)(c1ccccc1)c1ccccc1.[Br-]. The Labute approximate surface area is 176 Å². The highest BCUT2D eigenvalue weighted by molar-refractivity contribution is 7.95. The first kappa shape index (κ1) is 21.9. The molecule has 0 saturated carbocycles. The van der Waals surface area contributed by atoms with Crippen molar-refractivity contribution in [2.45, 2.75) is 33.1 Å². The van der Waals surface area contributed by atoms with Crippen LogP contribution in [0.2, 0.25) is 0 Å². The third-order valence-corrected chi connectivity index (χ3v) is 9.94. The van der Waals surface area contributed by atoms with Crippen LogP contribution in [-0.2, 0) is 0 Å². The largest absolute Gasteiger partial charge is 1.00 e. The van der Waals surface area contributed by atoms with Crippen LogP contribution in [0.4, 0.5) is 0 Å². The lowest BCUT2D eigenvalue weighted by atomic mass is 10.1. The summed E-state index contributed by atoms with van der Waals surface area (Å²) in [7, 11) is -1.65. The van der Waals surface area contributed by atoms with E-state index in [4.69, 9.17) is 0 Å². The second kappa shape index (κ2) is 10.8. The molecule has 142 valence electrons. The van der Waals surface area contributed by atoms with Crippen molar-refractivity contribution in [3.8, 4) is 0 Å². The maximum atomic E-state index is 2.44. The number of halogens is 1. The van der Waals surface area contributed by atoms with Gasteiger partial charge in [-0.25, -0.2) is 0 Å². The average Bonchev–Trinajstić information content (AvgIpc) is 2.72. The Kier molecular flexibility index (Phi) is 8.74. The van der Waals surface area contributed by atoms with Crippen LogP contribution in [0.25, 0.3) is 0 Å². The molecule has 0 aromatic heterocycles. The van der Waals surface area contributed by atoms with Gasteiger partial charge in [0.05, 0.1) is 6.16 Å². The van der Waals surface area contributed by atoms with Crippen LogP contribution < -0.4 is 32.9 Å². The zero-order valence-corrected chi connectivity index (χ0v) is 18.9. The second-order valence-electron chi connectivity index (χ2n) is 7.25. The highest BCUT2D eigenvalue weighted by Crippen LogP contribution is 2.56. The molecule has 1 unspecified atom stereocenters. The van der Waals surface area contributed by atoms with Gasteiger partial charge in [0.15, 0.2) is 0 Å². The number of hydrogen-bond acceptors (Lipinski definition) is 0. The van der Waals surface area contributed by atoms with Crippen molar-refractivity contribution >= 4 is 23.2 Å². The number of benzene rings is 3. The molecule has 1 atom stereocenters. The summed E-state index contributed by atoms with van der Waals surface area (Å²) >= 11 is 0. The maximum absolute atomic E-state index is 2.44. The van der Waals surface area contributed by atoms with Crippen LogP contribution >= 0.6 is 7.26 Å². The summed E-state index contributed by atoms with van der Waals surface area (Å²) in [6.07, 6.45) is 5.15. The minimum atomic E-state index is -1.65. The average molecular weight is 441 g/mol. The summed E-state index contributed by atoms with van der Waals surface area (Å²) in [5, 5.41) is 4.50. The standard InChI is InChI=1S/C25H30P.BrH/c1-3-4-14-22(2)21-26(23-15-8-5-9-16-23,24-17-10-6-11-18-24)25-19-12-7-13-20-25;/h5-13,15-20,22H,3-4,14,21H2,1-2H3;1H/q+1;/p-1. The first-order valence-corrected chi connectivity index (χ1v) is 11.8. The quantitative estimate of drug-likeness (QED) is 0.472. The van der Waals surface area contributed by atoms with E-state index in [0.717, 1.165) is 0 Å². The molecule has 0 nitrogen and oxygen atoms in total. The van der Waals surface area contributed by atoms with Crippen molar-refractivity contribution in [2.75, 3.05) is 6.16 Å². The number of rotatable bonds is 8. The van der Waals surface area contributed by atoms with Crippen molar-refractivity contribution < 1.29 is 17.0 Å². The second-order valence-corrected chi connectivity index (χ2v) is 10.8. The van der Waals surface area contributed by atoms with E-state index < -0.39 is 7.26 Å². The molecule has 27 heavy (non-hydrogen) atoms. The lowest BCUT2D eigenvalue weighted by molar-refractivity contribution is -0.00000532. The molecule has 0 fully saturated rings. The smallest absolute Gasteiger partial charge is 0.112 e. The molecule has 0 aliphatic rings. The molecule has 0 aliphatic heterocycles. The summed E-state index contributed by atoms with van der Waals surface area (Å²) in [6, 6.07) is 33.7. The van der Waals surface area contributed by atoms with E-state index in [1.54, 1.807) is 0 Å². The van der Waals surface area contributed by atoms with Gasteiger partial charge in [-0.3, -0.25) is 0 Å². The highest BCUT2D eigenvalue weighted by atomic mass is 79.9. The first-order chi connectivity index (χ1) is 12.8. The molecule has 0 saturated heterocycles. The first-order valence-electron chi connectivity index (χ1n) is 9.82. The van der Waals surface area contributed by atoms with Gasteiger partial charge in [0.1, 0.15) is 23.2 Å². The van der Waals surface area contributed by atoms with Gasteiger partial charge in [-0.15, -0.1) is 0 Å². The zero-order valence-electron chi connectivity index (χ0n) is 16.4. The Bertz CT molecular complexity index is 675. The minimum absolute atomic E-state index is 0. The minimum Gasteiger partial charge on any atom is -1.00 e. The van der Waals surface area contributed by atoms with Gasteiger partial charge in [-0.2, -0.15) is 0 Å². The molecule has 0 spiro atoms. The van der Waals surface area contributed by atoms with Crippen LogP contribution in [-0.4, -0.2) is 6.16 Å². The summed E-state index contributed by atoms with van der Waals surface area (Å²) in [5.74, 6) is 0.712. The maximum Gasteiger partial charge on any atom is 0.112 e. The Morgan fingerprint density at radius 2 is 1.04 bits per heavy atom. The summed E-state index contributed by atoms with van der Waals surface area (Å²) < 4.78 is 0. The zero-order chi connectivity index (χ0) is 18.2. The third kappa shape index (κ3) is 5.09. The highest BCUT2D eigenvalue weighted by Gasteiger charge is 2.45. The molecule has 3 aromatic carbocycles. The summed E-state index contributed by atoms with van der Waals surface area (Å²) in [5.41, 5.74) is 0. The van der Waals surface area contributed by atoms with E-state index >= 15 is 0 Å². The predicted octanol–water partition coefficient (Wildman–Crippen LogP) is 2.81. The summed E-state index contributed by atoms with van der Waals surface area (Å²) in [6.45, 7) is 4.74. The van der Waals surface area contributed by atoms with Crippen molar-refractivity contribution in [1.29, 1.82) is 0 Å². The molecule has 0 N–H and O–H groups in total. The van der Waals surface area contributed by atoms with Gasteiger partial charge < -0.3 is 17.0 Å². The monoisotopic (exact) mass is 440 g/mol. The van der Waals surface area contributed by atoms with Gasteiger partial charge in [0.2, 0.25) is 0 Å². The van der Waals surface area contributed by atoms with Gasteiger partial charge in [-0.05, 0) is 48.7 Å². The fourth-order valence-corrected chi connectivity index (χ4v) is 8.61. The molecule has 2 heteroatoms. The number of hydrogen-bond donors (Lipinski definition) is 0. The predicted molar refractivity (Wildman–Crippen MR) is 119 cm³/mol. The lowest BCUT2D eigenvalue weighted by Gasteiger charge is -2.30. The van der Waals surface area contributed by atoms with Crippen molar-refractivity contribution in [3.05, 3.63) is 91.0 Å². The fraction of sp³-hybridized carbons (Fsp3) is 0.280. The molecule has 0 aliphatic carbocycles. The van der Waals surface area contributed by atoms with E-state index in [-0.39, 0.29) is 17.0 Å². The molecule has 0 bridgehead atoms. The van der Waals surface area contributed by atoms with E-state index in [0.29, 0.717) is 5.92 Å². The van der Waals surface area contributed by atoms with Crippen molar-refractivity contribution in [2.24, 2.45) is 5.92 Å². The Balaban J connectivity index is 0.00000261. The molecule has 0 amide bonds. The van der Waals surface area contributed by atoms with E-state index in [1.807, 2.05) is 0 Å². The van der Waals surface area contributed by atoms with Gasteiger partial charge >= 0.3 is 0 Å². The van der Waals surface area contributed by atoms with E-state index in [1.165, 1.54) is 41.3 Å².